The molecule has 0 amide bonds. The molecule has 19 heavy (non-hydrogen) atoms. The number of morpholine rings is 1. The molecular weight excluding hydrogens is 270 g/mol. The molecule has 0 bridgehead atoms. The number of aliphatic hydroxyl groups is 1. The van der Waals surface area contributed by atoms with Gasteiger partial charge in [-0.1, -0.05) is 11.6 Å². The summed E-state index contributed by atoms with van der Waals surface area (Å²) in [6.45, 7) is 3.56. The van der Waals surface area contributed by atoms with Crippen molar-refractivity contribution < 1.29 is 14.6 Å². The maximum atomic E-state index is 9.24. The molecule has 2 unspecified atom stereocenters. The lowest BCUT2D eigenvalue weighted by molar-refractivity contribution is -0.0423. The number of aliphatic hydroxyl groups excluding tert-OH is 1. The highest BCUT2D eigenvalue weighted by Gasteiger charge is 2.26. The van der Waals surface area contributed by atoms with Gasteiger partial charge in [0.1, 0.15) is 17.6 Å². The molecule has 0 aromatic carbocycles. The molecule has 1 aromatic heterocycles. The lowest BCUT2D eigenvalue weighted by Crippen LogP contribution is -2.48. The predicted octanol–water partition coefficient (Wildman–Crippen LogP) is 0.862. The second kappa shape index (κ2) is 6.47. The number of hydrogen-bond acceptors (Lipinski definition) is 6. The van der Waals surface area contributed by atoms with Gasteiger partial charge >= 0.3 is 0 Å². The Morgan fingerprint density at radius 2 is 2.32 bits per heavy atom. The van der Waals surface area contributed by atoms with Crippen LogP contribution in [0.25, 0.3) is 0 Å². The number of anilines is 1. The van der Waals surface area contributed by atoms with Crippen LogP contribution in [0.15, 0.2) is 6.07 Å². The lowest BCUT2D eigenvalue weighted by atomic mass is 10.2. The third-order valence-corrected chi connectivity index (χ3v) is 3.05. The van der Waals surface area contributed by atoms with Gasteiger partial charge in [0.25, 0.3) is 0 Å². The zero-order valence-corrected chi connectivity index (χ0v) is 11.8. The van der Waals surface area contributed by atoms with E-state index in [0.29, 0.717) is 30.7 Å². The van der Waals surface area contributed by atoms with Crippen molar-refractivity contribution in [2.24, 2.45) is 0 Å². The van der Waals surface area contributed by atoms with Gasteiger partial charge in [-0.2, -0.15) is 0 Å². The van der Waals surface area contributed by atoms with Crippen molar-refractivity contribution in [1.29, 1.82) is 0 Å². The quantitative estimate of drug-likeness (QED) is 0.829. The van der Waals surface area contributed by atoms with Crippen molar-refractivity contribution in [2.45, 2.75) is 25.7 Å². The van der Waals surface area contributed by atoms with Crippen molar-refractivity contribution in [3.05, 3.63) is 17.0 Å². The number of hydrogen-bond donors (Lipinski definition) is 1. The van der Waals surface area contributed by atoms with Crippen molar-refractivity contribution in [3.8, 4) is 0 Å². The fourth-order valence-corrected chi connectivity index (χ4v) is 2.34. The van der Waals surface area contributed by atoms with E-state index in [1.54, 1.807) is 13.2 Å². The molecule has 1 aliphatic heterocycles. The van der Waals surface area contributed by atoms with Gasteiger partial charge in [-0.15, -0.1) is 0 Å². The van der Waals surface area contributed by atoms with Crippen LogP contribution in [-0.4, -0.2) is 54.1 Å². The van der Waals surface area contributed by atoms with Crippen LogP contribution in [0.1, 0.15) is 12.7 Å². The van der Waals surface area contributed by atoms with Crippen molar-refractivity contribution >= 4 is 17.4 Å². The molecule has 0 aliphatic carbocycles. The third kappa shape index (κ3) is 3.76. The SMILES string of the molecule is COCc1nc(Cl)cc(N2CC(C)OC(CO)C2)n1. The zero-order valence-electron chi connectivity index (χ0n) is 11.0. The minimum Gasteiger partial charge on any atom is -0.394 e. The highest BCUT2D eigenvalue weighted by atomic mass is 35.5. The molecule has 2 atom stereocenters. The highest BCUT2D eigenvalue weighted by molar-refractivity contribution is 6.29. The fraction of sp³-hybridized carbons (Fsp3) is 0.667. The van der Waals surface area contributed by atoms with Crippen molar-refractivity contribution in [1.82, 2.24) is 9.97 Å². The number of nitrogens with zero attached hydrogens (tertiary/aromatic N) is 3. The number of rotatable bonds is 4. The molecular formula is C12H18ClN3O3. The van der Waals surface area contributed by atoms with Gasteiger partial charge in [0, 0.05) is 26.3 Å². The van der Waals surface area contributed by atoms with E-state index in [2.05, 4.69) is 9.97 Å². The molecule has 106 valence electrons. The van der Waals surface area contributed by atoms with Crippen LogP contribution in [0.3, 0.4) is 0 Å². The number of aromatic nitrogens is 2. The van der Waals surface area contributed by atoms with E-state index in [1.165, 1.54) is 0 Å². The molecule has 2 rings (SSSR count). The van der Waals surface area contributed by atoms with Gasteiger partial charge < -0.3 is 19.5 Å². The van der Waals surface area contributed by atoms with E-state index in [4.69, 9.17) is 21.1 Å². The summed E-state index contributed by atoms with van der Waals surface area (Å²) in [5.41, 5.74) is 0. The van der Waals surface area contributed by atoms with Crippen LogP contribution in [0.2, 0.25) is 5.15 Å². The van der Waals surface area contributed by atoms with Crippen molar-refractivity contribution in [2.75, 3.05) is 31.7 Å². The Kier molecular flexibility index (Phi) is 4.93. The summed E-state index contributed by atoms with van der Waals surface area (Å²) in [6, 6.07) is 1.72. The Morgan fingerprint density at radius 1 is 1.53 bits per heavy atom. The molecule has 6 nitrogen and oxygen atoms in total. The van der Waals surface area contributed by atoms with Crippen LogP contribution in [-0.2, 0) is 16.1 Å². The lowest BCUT2D eigenvalue weighted by Gasteiger charge is -2.36. The molecule has 0 radical (unpaired) electrons. The summed E-state index contributed by atoms with van der Waals surface area (Å²) in [4.78, 5) is 10.6. The minimum atomic E-state index is -0.205. The molecule has 1 saturated heterocycles. The topological polar surface area (TPSA) is 67.7 Å². The smallest absolute Gasteiger partial charge is 0.158 e. The van der Waals surface area contributed by atoms with Crippen LogP contribution in [0.4, 0.5) is 5.82 Å². The Labute approximate surface area is 117 Å². The Hall–Kier alpha value is -0.950. The fourth-order valence-electron chi connectivity index (χ4n) is 2.14. The van der Waals surface area contributed by atoms with Crippen molar-refractivity contribution in [3.63, 3.8) is 0 Å². The molecule has 1 fully saturated rings. The van der Waals surface area contributed by atoms with E-state index in [9.17, 15) is 5.11 Å². The Morgan fingerprint density at radius 3 is 3.00 bits per heavy atom. The number of ether oxygens (including phenoxy) is 2. The summed E-state index contributed by atoms with van der Waals surface area (Å²) in [6.07, 6.45) is -0.172. The first-order valence-corrected chi connectivity index (χ1v) is 6.53. The average molecular weight is 288 g/mol. The minimum absolute atomic E-state index is 0.00934. The molecule has 1 aliphatic rings. The zero-order chi connectivity index (χ0) is 13.8. The molecule has 2 heterocycles. The van der Waals surface area contributed by atoms with Crippen LogP contribution in [0, 0.1) is 0 Å². The predicted molar refractivity (Wildman–Crippen MR) is 71.4 cm³/mol. The van der Waals surface area contributed by atoms with Gasteiger partial charge in [-0.25, -0.2) is 9.97 Å². The first-order chi connectivity index (χ1) is 9.12. The van der Waals surface area contributed by atoms with Gasteiger partial charge in [-0.05, 0) is 6.92 Å². The summed E-state index contributed by atoms with van der Waals surface area (Å²) < 4.78 is 10.6. The van der Waals surface area contributed by atoms with Crippen LogP contribution < -0.4 is 4.90 Å². The summed E-state index contributed by atoms with van der Waals surface area (Å²) in [7, 11) is 1.59. The summed E-state index contributed by atoms with van der Waals surface area (Å²) in [5, 5.41) is 9.62. The van der Waals surface area contributed by atoms with E-state index in [-0.39, 0.29) is 18.8 Å². The summed E-state index contributed by atoms with van der Waals surface area (Å²) >= 11 is 6.00. The van der Waals surface area contributed by atoms with E-state index in [1.807, 2.05) is 11.8 Å². The Balaban J connectivity index is 2.20. The largest absolute Gasteiger partial charge is 0.394 e. The molecule has 0 spiro atoms. The van der Waals surface area contributed by atoms with E-state index >= 15 is 0 Å². The first kappa shape index (κ1) is 14.5. The maximum absolute atomic E-state index is 9.24. The van der Waals surface area contributed by atoms with E-state index < -0.39 is 0 Å². The maximum Gasteiger partial charge on any atom is 0.158 e. The first-order valence-electron chi connectivity index (χ1n) is 6.16. The Bertz CT molecular complexity index is 433. The van der Waals surface area contributed by atoms with E-state index in [0.717, 1.165) is 5.82 Å². The van der Waals surface area contributed by atoms with Gasteiger partial charge in [0.15, 0.2) is 5.82 Å². The normalized spacial score (nSPS) is 23.7. The second-order valence-corrected chi connectivity index (χ2v) is 4.94. The molecule has 1 N–H and O–H groups in total. The number of methoxy groups -OCH3 is 1. The monoisotopic (exact) mass is 287 g/mol. The molecule has 1 aromatic rings. The number of halogens is 1. The highest BCUT2D eigenvalue weighted by Crippen LogP contribution is 2.21. The van der Waals surface area contributed by atoms with Gasteiger partial charge in [-0.3, -0.25) is 0 Å². The third-order valence-electron chi connectivity index (χ3n) is 2.86. The summed E-state index contributed by atoms with van der Waals surface area (Å²) in [5.74, 6) is 1.28. The molecule has 0 saturated carbocycles. The van der Waals surface area contributed by atoms with Crippen LogP contribution in [0.5, 0.6) is 0 Å². The standard InChI is InChI=1S/C12H18ClN3O3/c1-8-4-16(5-9(6-17)19-8)12-3-10(13)14-11(15-12)7-18-2/h3,8-9,17H,4-7H2,1-2H3. The molecule has 7 heteroatoms. The van der Waals surface area contributed by atoms with Gasteiger partial charge in [0.05, 0.1) is 18.8 Å². The second-order valence-electron chi connectivity index (χ2n) is 4.55. The van der Waals surface area contributed by atoms with Gasteiger partial charge in [0.2, 0.25) is 0 Å². The average Bonchev–Trinajstić information content (AvgIpc) is 2.37. The van der Waals surface area contributed by atoms with Crippen LogP contribution >= 0.6 is 11.6 Å².